The molecule has 0 saturated heterocycles. The minimum absolute atomic E-state index is 0.0367. The molecule has 0 unspecified atom stereocenters. The number of nitrogens with one attached hydrogen (secondary N) is 1. The Labute approximate surface area is 118 Å². The summed E-state index contributed by atoms with van der Waals surface area (Å²) in [5.41, 5.74) is 0.373. The van der Waals surface area contributed by atoms with E-state index in [2.05, 4.69) is 25.6 Å². The number of hydrogen-bond acceptors (Lipinski definition) is 3. The van der Waals surface area contributed by atoms with Gasteiger partial charge in [-0.15, -0.1) is 0 Å². The van der Waals surface area contributed by atoms with Gasteiger partial charge < -0.3 is 0 Å². The van der Waals surface area contributed by atoms with E-state index in [4.69, 9.17) is 11.6 Å². The van der Waals surface area contributed by atoms with E-state index in [9.17, 15) is 8.42 Å². The van der Waals surface area contributed by atoms with Gasteiger partial charge >= 0.3 is 0 Å². The molecule has 0 radical (unpaired) electrons. The van der Waals surface area contributed by atoms with Crippen molar-refractivity contribution in [2.75, 3.05) is 4.72 Å². The van der Waals surface area contributed by atoms with Crippen LogP contribution in [0.5, 0.6) is 0 Å². The Morgan fingerprint density at radius 3 is 2.50 bits per heavy atom. The first kappa shape index (κ1) is 13.3. The van der Waals surface area contributed by atoms with Crippen LogP contribution in [0.4, 0.5) is 5.69 Å². The third-order valence-electron chi connectivity index (χ3n) is 2.11. The zero-order valence-corrected chi connectivity index (χ0v) is 12.1. The number of hydrogen-bond donors (Lipinski definition) is 1. The van der Waals surface area contributed by atoms with Gasteiger partial charge in [-0.05, 0) is 40.2 Å². The lowest BCUT2D eigenvalue weighted by molar-refractivity contribution is 0.601. The third-order valence-corrected chi connectivity index (χ3v) is 4.46. The van der Waals surface area contributed by atoms with Gasteiger partial charge in [0.05, 0.1) is 16.9 Å². The first-order valence-corrected chi connectivity index (χ1v) is 7.53. The van der Waals surface area contributed by atoms with Crippen LogP contribution in [0, 0.1) is 0 Å². The lowest BCUT2D eigenvalue weighted by atomic mass is 10.4. The third kappa shape index (κ3) is 3.01. The summed E-state index contributed by atoms with van der Waals surface area (Å²) in [5.74, 6) is 0. The van der Waals surface area contributed by atoms with Gasteiger partial charge in [-0.1, -0.05) is 23.7 Å². The molecule has 0 aliphatic rings. The molecule has 1 heterocycles. The predicted octanol–water partition coefficient (Wildman–Crippen LogP) is 3.30. The summed E-state index contributed by atoms with van der Waals surface area (Å²) in [4.78, 5) is 3.97. The fourth-order valence-corrected chi connectivity index (χ4v) is 3.11. The lowest BCUT2D eigenvalue weighted by Gasteiger charge is -2.08. The van der Waals surface area contributed by atoms with E-state index in [1.165, 1.54) is 18.3 Å². The molecule has 0 amide bonds. The van der Waals surface area contributed by atoms with Gasteiger partial charge in [0.25, 0.3) is 10.0 Å². The quantitative estimate of drug-likeness (QED) is 0.867. The molecular formula is C11H8BrClN2O2S. The van der Waals surface area contributed by atoms with Crippen molar-refractivity contribution in [2.24, 2.45) is 0 Å². The van der Waals surface area contributed by atoms with E-state index in [0.29, 0.717) is 10.3 Å². The molecule has 0 aliphatic carbocycles. The first-order chi connectivity index (χ1) is 8.49. The second-order valence-corrected chi connectivity index (χ2v) is 6.28. The summed E-state index contributed by atoms with van der Waals surface area (Å²) in [6, 6.07) is 9.49. The molecule has 18 heavy (non-hydrogen) atoms. The Hall–Kier alpha value is -1.11. The predicted molar refractivity (Wildman–Crippen MR) is 74.2 cm³/mol. The van der Waals surface area contributed by atoms with Crippen LogP contribution in [-0.4, -0.2) is 13.4 Å². The smallest absolute Gasteiger partial charge is 0.263 e. The average Bonchev–Trinajstić information content (AvgIpc) is 2.32. The maximum atomic E-state index is 12.1. The molecule has 7 heteroatoms. The fourth-order valence-electron chi connectivity index (χ4n) is 1.31. The van der Waals surface area contributed by atoms with E-state index >= 15 is 0 Å². The average molecular weight is 348 g/mol. The maximum Gasteiger partial charge on any atom is 0.263 e. The molecule has 1 N–H and O–H groups in total. The van der Waals surface area contributed by atoms with Crippen LogP contribution in [-0.2, 0) is 10.0 Å². The molecule has 0 bridgehead atoms. The molecule has 4 nitrogen and oxygen atoms in total. The molecule has 2 aromatic rings. The van der Waals surface area contributed by atoms with Crippen LogP contribution in [0.25, 0.3) is 0 Å². The van der Waals surface area contributed by atoms with Crippen LogP contribution in [0.15, 0.2) is 52.1 Å². The molecule has 0 aliphatic heterocycles. The zero-order chi connectivity index (χ0) is 13.2. The van der Waals surface area contributed by atoms with E-state index in [-0.39, 0.29) is 9.92 Å². The Bertz CT molecular complexity index is 659. The van der Waals surface area contributed by atoms with Crippen molar-refractivity contribution < 1.29 is 8.42 Å². The SMILES string of the molecule is O=S(=O)(Nc1ccc(Br)nc1)c1ccccc1Cl. The molecular weight excluding hydrogens is 340 g/mol. The maximum absolute atomic E-state index is 12.1. The summed E-state index contributed by atoms with van der Waals surface area (Å²) >= 11 is 9.03. The van der Waals surface area contributed by atoms with Crippen molar-refractivity contribution in [1.29, 1.82) is 0 Å². The minimum atomic E-state index is -3.69. The summed E-state index contributed by atoms with van der Waals surface area (Å²) < 4.78 is 27.2. The number of halogens is 2. The van der Waals surface area contributed by atoms with Gasteiger partial charge in [0.15, 0.2) is 0 Å². The van der Waals surface area contributed by atoms with Crippen molar-refractivity contribution in [3.05, 3.63) is 52.2 Å². The molecule has 1 aromatic heterocycles. The van der Waals surface area contributed by atoms with Crippen LogP contribution < -0.4 is 4.72 Å². The number of sulfonamides is 1. The highest BCUT2D eigenvalue weighted by molar-refractivity contribution is 9.10. The standard InChI is InChI=1S/C11H8BrClN2O2S/c12-11-6-5-8(7-14-11)15-18(16,17)10-4-2-1-3-9(10)13/h1-7,15H. The minimum Gasteiger partial charge on any atom is -0.278 e. The number of aromatic nitrogens is 1. The Kier molecular flexibility index (Phi) is 3.89. The second kappa shape index (κ2) is 5.26. The molecule has 0 atom stereocenters. The number of nitrogens with zero attached hydrogens (tertiary/aromatic N) is 1. The van der Waals surface area contributed by atoms with E-state index in [0.717, 1.165) is 0 Å². The largest absolute Gasteiger partial charge is 0.278 e. The van der Waals surface area contributed by atoms with Gasteiger partial charge in [-0.25, -0.2) is 13.4 Å². The summed E-state index contributed by atoms with van der Waals surface area (Å²) in [5, 5.41) is 0.176. The van der Waals surface area contributed by atoms with Crippen LogP contribution in [0.1, 0.15) is 0 Å². The highest BCUT2D eigenvalue weighted by Crippen LogP contribution is 2.23. The number of benzene rings is 1. The van der Waals surface area contributed by atoms with Crippen molar-refractivity contribution in [3.8, 4) is 0 Å². The second-order valence-electron chi connectivity index (χ2n) is 3.41. The number of pyridine rings is 1. The summed E-state index contributed by atoms with van der Waals surface area (Å²) in [6.07, 6.45) is 1.42. The van der Waals surface area contributed by atoms with Gasteiger partial charge in [0, 0.05) is 0 Å². The van der Waals surface area contributed by atoms with Crippen LogP contribution in [0.3, 0.4) is 0 Å². The van der Waals surface area contributed by atoms with Crippen molar-refractivity contribution in [3.63, 3.8) is 0 Å². The first-order valence-electron chi connectivity index (χ1n) is 4.88. The van der Waals surface area contributed by atoms with E-state index in [1.54, 1.807) is 24.3 Å². The molecule has 1 aromatic carbocycles. The molecule has 0 saturated carbocycles. The van der Waals surface area contributed by atoms with Crippen molar-refractivity contribution in [2.45, 2.75) is 4.90 Å². The summed E-state index contributed by atoms with van der Waals surface area (Å²) in [7, 11) is -3.69. The van der Waals surface area contributed by atoms with Crippen LogP contribution in [0.2, 0.25) is 5.02 Å². The zero-order valence-electron chi connectivity index (χ0n) is 8.97. The molecule has 0 spiro atoms. The highest BCUT2D eigenvalue weighted by Gasteiger charge is 2.17. The topological polar surface area (TPSA) is 59.1 Å². The lowest BCUT2D eigenvalue weighted by Crippen LogP contribution is -2.13. The Morgan fingerprint density at radius 1 is 1.17 bits per heavy atom. The number of rotatable bonds is 3. The van der Waals surface area contributed by atoms with E-state index in [1.807, 2.05) is 0 Å². The van der Waals surface area contributed by atoms with Gasteiger partial charge in [0.2, 0.25) is 0 Å². The molecule has 2 rings (SSSR count). The van der Waals surface area contributed by atoms with Gasteiger partial charge in [-0.2, -0.15) is 0 Å². The molecule has 0 fully saturated rings. The van der Waals surface area contributed by atoms with Crippen LogP contribution >= 0.6 is 27.5 Å². The highest BCUT2D eigenvalue weighted by atomic mass is 79.9. The Morgan fingerprint density at radius 2 is 1.89 bits per heavy atom. The Balaban J connectivity index is 2.33. The molecule has 94 valence electrons. The van der Waals surface area contributed by atoms with Gasteiger partial charge in [0.1, 0.15) is 9.50 Å². The van der Waals surface area contributed by atoms with E-state index < -0.39 is 10.0 Å². The van der Waals surface area contributed by atoms with Gasteiger partial charge in [-0.3, -0.25) is 4.72 Å². The van der Waals surface area contributed by atoms with Crippen molar-refractivity contribution >= 4 is 43.2 Å². The number of anilines is 1. The fraction of sp³-hybridized carbons (Fsp3) is 0. The summed E-state index contributed by atoms with van der Waals surface area (Å²) in [6.45, 7) is 0. The monoisotopic (exact) mass is 346 g/mol. The normalized spacial score (nSPS) is 11.2. The van der Waals surface area contributed by atoms with Crippen molar-refractivity contribution in [1.82, 2.24) is 4.98 Å².